The number of carbonyl (C=O) groups excluding carboxylic acids is 3. The number of aliphatic hydroxyl groups is 5. The van der Waals surface area contributed by atoms with Gasteiger partial charge in [-0.1, -0.05) is 0 Å². The third-order valence-electron chi connectivity index (χ3n) is 5.09. The van der Waals surface area contributed by atoms with E-state index in [9.17, 15) is 39.9 Å². The van der Waals surface area contributed by atoms with Gasteiger partial charge in [0.2, 0.25) is 11.8 Å². The number of amides is 2. The van der Waals surface area contributed by atoms with E-state index in [0.717, 1.165) is 6.92 Å². The van der Waals surface area contributed by atoms with Crippen LogP contribution in [0.5, 0.6) is 0 Å². The van der Waals surface area contributed by atoms with Crippen molar-refractivity contribution in [3.8, 4) is 0 Å². The van der Waals surface area contributed by atoms with Crippen molar-refractivity contribution >= 4 is 18.1 Å². The molecule has 2 fully saturated rings. The third kappa shape index (κ3) is 6.18. The van der Waals surface area contributed by atoms with E-state index in [1.165, 1.54) is 6.92 Å². The van der Waals surface area contributed by atoms with Crippen molar-refractivity contribution in [1.82, 2.24) is 10.6 Å². The minimum atomic E-state index is -1.60. The van der Waals surface area contributed by atoms with Crippen molar-refractivity contribution in [2.24, 2.45) is 0 Å². The molecule has 0 unspecified atom stereocenters. The Morgan fingerprint density at radius 3 is 1.91 bits per heavy atom. The van der Waals surface area contributed by atoms with Gasteiger partial charge in [0.1, 0.15) is 61.6 Å². The van der Waals surface area contributed by atoms with Gasteiger partial charge in [0.25, 0.3) is 0 Å². The van der Waals surface area contributed by atoms with Gasteiger partial charge in [-0.25, -0.2) is 0 Å². The fourth-order valence-corrected chi connectivity index (χ4v) is 3.64. The second-order valence-electron chi connectivity index (χ2n) is 7.48. The van der Waals surface area contributed by atoms with Gasteiger partial charge in [0.05, 0.1) is 13.2 Å². The van der Waals surface area contributed by atoms with E-state index in [1.807, 2.05) is 0 Å². The largest absolute Gasteiger partial charge is 0.394 e. The van der Waals surface area contributed by atoms with Gasteiger partial charge in [0, 0.05) is 13.8 Å². The number of nitrogens with one attached hydrogen (secondary N) is 2. The van der Waals surface area contributed by atoms with Crippen molar-refractivity contribution < 1.29 is 58.9 Å². The smallest absolute Gasteiger partial charge is 0.217 e. The van der Waals surface area contributed by atoms with Gasteiger partial charge in [-0.05, 0) is 0 Å². The van der Waals surface area contributed by atoms with Gasteiger partial charge in [-0.15, -0.1) is 0 Å². The number of hydrogen-bond donors (Lipinski definition) is 7. The predicted molar refractivity (Wildman–Crippen MR) is 102 cm³/mol. The zero-order valence-corrected chi connectivity index (χ0v) is 17.6. The maximum atomic E-state index is 11.6. The number of aldehydes is 1. The predicted octanol–water partition coefficient (Wildman–Crippen LogP) is -4.89. The number of carbonyl (C=O) groups is 3. The standard InChI is InChI=1S/C18H30N2O12/c1-7(24)19-11-14(27)13(26)9(5-22)30-18(11)32-16-10(6-23)31-17(29-4-3-21)12(15(16)28)20-8(2)25/h3,9-18,22-23,26-28H,4-6H2,1-2H3,(H,19,24)(H,20,25)/t9-,10-,11-,12-,13+,14-,15-,16-,17-,18+/m0/s1. The summed E-state index contributed by atoms with van der Waals surface area (Å²) in [6.07, 6.45) is -10.9. The maximum absolute atomic E-state index is 11.6. The lowest BCUT2D eigenvalue weighted by atomic mass is 9.94. The van der Waals surface area contributed by atoms with Crippen molar-refractivity contribution in [2.75, 3.05) is 19.8 Å². The topological polar surface area (TPSA) is 213 Å². The van der Waals surface area contributed by atoms with E-state index in [-0.39, 0.29) is 0 Å². The molecule has 0 aliphatic carbocycles. The minimum Gasteiger partial charge on any atom is -0.394 e. The fourth-order valence-electron chi connectivity index (χ4n) is 3.64. The third-order valence-corrected chi connectivity index (χ3v) is 5.09. The Labute approximate surface area is 183 Å². The minimum absolute atomic E-state index is 0.407. The molecule has 2 rings (SSSR count). The molecule has 2 aliphatic heterocycles. The van der Waals surface area contributed by atoms with Crippen LogP contribution in [0.25, 0.3) is 0 Å². The molecule has 0 saturated carbocycles. The first-order valence-corrected chi connectivity index (χ1v) is 9.96. The Hall–Kier alpha value is -1.75. The zero-order valence-electron chi connectivity index (χ0n) is 17.6. The summed E-state index contributed by atoms with van der Waals surface area (Å²) in [6.45, 7) is 0.564. The van der Waals surface area contributed by atoms with Crippen LogP contribution >= 0.6 is 0 Å². The first-order valence-electron chi connectivity index (χ1n) is 9.96. The van der Waals surface area contributed by atoms with Crippen LogP contribution in [0.15, 0.2) is 0 Å². The first kappa shape index (κ1) is 26.5. The van der Waals surface area contributed by atoms with Crippen LogP contribution in [-0.4, -0.2) is 125 Å². The summed E-state index contributed by atoms with van der Waals surface area (Å²) in [4.78, 5) is 33.8. The van der Waals surface area contributed by atoms with E-state index in [2.05, 4.69) is 10.6 Å². The molecule has 0 aromatic rings. The molecule has 32 heavy (non-hydrogen) atoms. The molecule has 10 atom stereocenters. The molecule has 0 spiro atoms. The van der Waals surface area contributed by atoms with Crippen molar-refractivity contribution in [3.05, 3.63) is 0 Å². The molecule has 2 amide bonds. The Morgan fingerprint density at radius 1 is 0.875 bits per heavy atom. The zero-order chi connectivity index (χ0) is 24.0. The lowest BCUT2D eigenvalue weighted by Gasteiger charge is -2.48. The summed E-state index contributed by atoms with van der Waals surface area (Å²) >= 11 is 0. The highest BCUT2D eigenvalue weighted by atomic mass is 16.7. The monoisotopic (exact) mass is 466 g/mol. The Bertz CT molecular complexity index is 651. The maximum Gasteiger partial charge on any atom is 0.217 e. The lowest BCUT2D eigenvalue weighted by Crippen LogP contribution is -2.69. The van der Waals surface area contributed by atoms with Gasteiger partial charge in [0.15, 0.2) is 12.6 Å². The van der Waals surface area contributed by atoms with E-state index in [4.69, 9.17) is 18.9 Å². The SMILES string of the molecule is CC(=O)N[C@@H]1[C@@H](O[C@@H]2[C@@H](O)[C@H](NC(C)=O)[C@@H](OCC=O)O[C@H]2CO)O[C@@H](CO)[C@@H](O)[C@H]1O. The highest BCUT2D eigenvalue weighted by Crippen LogP contribution is 2.29. The van der Waals surface area contributed by atoms with Crippen LogP contribution in [0, 0.1) is 0 Å². The van der Waals surface area contributed by atoms with E-state index < -0.39 is 92.9 Å². The van der Waals surface area contributed by atoms with Gasteiger partial charge >= 0.3 is 0 Å². The number of hydrogen-bond acceptors (Lipinski definition) is 12. The molecule has 0 aromatic carbocycles. The molecular weight excluding hydrogens is 436 g/mol. The summed E-state index contributed by atoms with van der Waals surface area (Å²) in [7, 11) is 0. The molecule has 7 N–H and O–H groups in total. The highest BCUT2D eigenvalue weighted by Gasteiger charge is 2.51. The Morgan fingerprint density at radius 2 is 1.41 bits per heavy atom. The molecule has 2 aliphatic rings. The van der Waals surface area contributed by atoms with E-state index in [1.54, 1.807) is 0 Å². The van der Waals surface area contributed by atoms with Crippen molar-refractivity contribution in [3.63, 3.8) is 0 Å². The average molecular weight is 466 g/mol. The van der Waals surface area contributed by atoms with Crippen molar-refractivity contribution in [1.29, 1.82) is 0 Å². The van der Waals surface area contributed by atoms with E-state index in [0.29, 0.717) is 6.29 Å². The fraction of sp³-hybridized carbons (Fsp3) is 0.833. The average Bonchev–Trinajstić information content (AvgIpc) is 2.74. The molecule has 14 heteroatoms. The molecule has 0 bridgehead atoms. The van der Waals surface area contributed by atoms with E-state index >= 15 is 0 Å². The Kier molecular flexibility index (Phi) is 9.87. The molecule has 184 valence electrons. The van der Waals surface area contributed by atoms with Crippen LogP contribution in [0.1, 0.15) is 13.8 Å². The number of rotatable bonds is 9. The van der Waals surface area contributed by atoms with Gasteiger partial charge in [-0.2, -0.15) is 0 Å². The second kappa shape index (κ2) is 11.9. The van der Waals surface area contributed by atoms with Crippen LogP contribution in [0.2, 0.25) is 0 Å². The Balaban J connectivity index is 2.29. The highest BCUT2D eigenvalue weighted by molar-refractivity contribution is 5.73. The van der Waals surface area contributed by atoms with Gasteiger partial charge < -0.3 is 59.9 Å². The van der Waals surface area contributed by atoms with Crippen LogP contribution in [0.3, 0.4) is 0 Å². The molecular formula is C18H30N2O12. The van der Waals surface area contributed by atoms with Crippen LogP contribution in [-0.2, 0) is 33.3 Å². The quantitative estimate of drug-likeness (QED) is 0.159. The normalized spacial score (nSPS) is 39.8. The molecule has 0 aromatic heterocycles. The summed E-state index contributed by atoms with van der Waals surface area (Å²) < 4.78 is 22.0. The summed E-state index contributed by atoms with van der Waals surface area (Å²) in [5.41, 5.74) is 0. The molecule has 2 saturated heterocycles. The molecule has 2 heterocycles. The molecule has 14 nitrogen and oxygen atoms in total. The van der Waals surface area contributed by atoms with Crippen LogP contribution < -0.4 is 10.6 Å². The first-order chi connectivity index (χ1) is 15.1. The summed E-state index contributed by atoms with van der Waals surface area (Å²) in [5, 5.41) is 55.4. The second-order valence-corrected chi connectivity index (χ2v) is 7.48. The number of ether oxygens (including phenoxy) is 4. The molecule has 0 radical (unpaired) electrons. The summed E-state index contributed by atoms with van der Waals surface area (Å²) in [5.74, 6) is -1.14. The lowest BCUT2D eigenvalue weighted by molar-refractivity contribution is -0.331. The summed E-state index contributed by atoms with van der Waals surface area (Å²) in [6, 6.07) is -2.52. The number of aliphatic hydroxyl groups excluding tert-OH is 5. The van der Waals surface area contributed by atoms with Crippen LogP contribution in [0.4, 0.5) is 0 Å². The van der Waals surface area contributed by atoms with Gasteiger partial charge in [-0.3, -0.25) is 9.59 Å². The van der Waals surface area contributed by atoms with Crippen molar-refractivity contribution in [2.45, 2.75) is 75.1 Å².